The minimum absolute atomic E-state index is 0.0398. The molecule has 764 valence electrons. The van der Waals surface area contributed by atoms with Crippen LogP contribution < -0.4 is 53.2 Å². The number of hydrogen-bond acceptors (Lipinski definition) is 16. The van der Waals surface area contributed by atoms with Crippen LogP contribution in [0.4, 0.5) is 57.9 Å². The number of nitrogens with one attached hydrogen (secondary N) is 10. The van der Waals surface area contributed by atoms with E-state index in [1.165, 1.54) is 27.9 Å². The monoisotopic (exact) mass is 2070 g/mol. The van der Waals surface area contributed by atoms with Gasteiger partial charge < -0.3 is 71.4 Å². The summed E-state index contributed by atoms with van der Waals surface area (Å²) >= 11 is 24.7. The summed E-state index contributed by atoms with van der Waals surface area (Å²) < 4.78 is 116. The van der Waals surface area contributed by atoms with Crippen molar-refractivity contribution in [1.82, 2.24) is 50.2 Å². The number of fused-ring (bicyclic) bond motifs is 8. The number of carbonyl (C=O) groups excluding carboxylic acids is 16. The molecule has 4 atom stereocenters. The van der Waals surface area contributed by atoms with Crippen LogP contribution in [0, 0.1) is 67.2 Å². The number of anilines is 4. The van der Waals surface area contributed by atoms with E-state index >= 15 is 0 Å². The van der Waals surface area contributed by atoms with Crippen molar-refractivity contribution in [2.45, 2.75) is 269 Å². The molecule has 8 heterocycles. The lowest BCUT2D eigenvalue weighted by atomic mass is 9.69. The van der Waals surface area contributed by atoms with E-state index in [0.29, 0.717) is 133 Å². The van der Waals surface area contributed by atoms with Crippen LogP contribution in [-0.2, 0) is 76.1 Å². The van der Waals surface area contributed by atoms with E-state index in [1.807, 2.05) is 50.7 Å². The van der Waals surface area contributed by atoms with Crippen LogP contribution in [0.15, 0.2) is 72.8 Å². The van der Waals surface area contributed by atoms with Gasteiger partial charge in [-0.3, -0.25) is 76.7 Å². The Bertz CT molecular complexity index is 6690. The fourth-order valence-corrected chi connectivity index (χ4v) is 22.5. The van der Waals surface area contributed by atoms with Gasteiger partial charge in [0.25, 0.3) is 94.1 Å². The van der Waals surface area contributed by atoms with Gasteiger partial charge in [0, 0.05) is 168 Å². The molecular formula is C102H106Cl4F8N14O16. The second kappa shape index (κ2) is 38.4. The Balaban J connectivity index is 0.000000144. The minimum Gasteiger partial charge on any atom is -0.357 e. The molecule has 10 aliphatic rings. The van der Waals surface area contributed by atoms with Crippen LogP contribution in [0.25, 0.3) is 0 Å². The van der Waals surface area contributed by atoms with Crippen LogP contribution in [0.2, 0.25) is 20.1 Å². The van der Waals surface area contributed by atoms with Gasteiger partial charge in [0.05, 0.1) is 22.3 Å². The molecule has 0 saturated heterocycles. The molecule has 4 aromatic heterocycles. The Hall–Kier alpha value is -12.7. The van der Waals surface area contributed by atoms with Crippen molar-refractivity contribution < 1.29 is 112 Å². The minimum atomic E-state index is -3.12. The largest absolute Gasteiger partial charge is 0.357 e. The Kier molecular flexibility index (Phi) is 28.1. The topological polar surface area (TPSA) is 413 Å². The number of aryl methyl sites for hydroxylation is 4. The average molecular weight is 2080 g/mol. The number of rotatable bonds is 26. The van der Waals surface area contributed by atoms with E-state index < -0.39 is 197 Å². The number of Topliss-reactive ketones (excluding diaryl/α,β-unsaturated/α-hetero) is 6. The van der Waals surface area contributed by atoms with E-state index in [9.17, 15) is 112 Å². The summed E-state index contributed by atoms with van der Waals surface area (Å²) in [5, 5.41) is 26.9. The molecule has 18 rings (SSSR count). The van der Waals surface area contributed by atoms with Gasteiger partial charge in [-0.2, -0.15) is 0 Å². The molecular weight excluding hydrogens is 1970 g/mol. The lowest BCUT2D eigenvalue weighted by Crippen LogP contribution is -2.69. The highest BCUT2D eigenvalue weighted by atomic mass is 35.5. The summed E-state index contributed by atoms with van der Waals surface area (Å²) in [6.07, 6.45) is -1.92. The number of carbonyl (C=O) groups is 16. The standard InChI is InChI=1S/C26H29ClF2N4O4.C26H26ClF2N3O4.C25H25ClF2N4O4.C25H26ClF2N3O4/c1-13-6-7-15(10-16(13)27)31-21(35)19-14(2)18(17-8-9-24(3,4)33(17)19)20(34)22(36)32-25(23(37)30-5)11-26(28,29)12-25;1-4-19(33)25(10-26(28,29)11-25)31-24(36)22(34)20-13(3)21(32-17-7-14(17)8-18(20)32)23(35)30-15-6-5-12(2)16(27)9-15;1-11-4-5-14(8-15(11)26)30-21(34)19-12(2)18(17-7-13-6-16(13)32(17)19)20(33)22(35)31-24(23(36)29-3)9-25(27,28)10-24;1-4-18(32)24(11-25(27,28)12-24)30-23(35)21(33)19-14(3)20(31-9-5-6-17(19)31)22(34)29-15-8-7-13(2)16(26)10-15/h6-7,10H,8-9,11-12H2,1-5H3,(H,30,37)(H,31,35)(H,32,36);5-6,9,14,17H,4,7-8,10-11H2,1-3H3,(H,30,35)(H,31,36);4-5,8,13,16H,6-7,9-10H2,1-3H3,(H,29,36)(H,30,34)(H,31,35);7-8,10H,4-6,9,11-12H2,1-3H3,(H,29,34)(H,30,35)/t;14-,17-;13-,16-;/m.10./s1. The number of halogens is 12. The SMILES string of the molecule is CCC(=O)C1(NC(=O)C(=O)c2c(C)c(C(=O)Nc3ccc(C)c(Cl)c3)n3c2CCC3)CC(F)(F)C1.CCC(=O)C1(NC(=O)C(=O)c2c(C)c(C(=O)Nc3ccc(C)c(Cl)c3)n3c2C[C@H]2C[C@H]23)CC(F)(F)C1.CNC(=O)C1(NC(=O)C(=O)c2c(C)c(C(=O)Nc3ccc(C)c(Cl)c3)n3c2CCC3(C)C)CC(F)(F)C1.CNC(=O)C1(NC(=O)C(=O)c2c(C)c(C(=O)Nc3ccc(C)c(Cl)c3)n3c2C[C@@H]2C[C@@H]23)CC(F)(F)C1. The van der Waals surface area contributed by atoms with Crippen molar-refractivity contribution in [3.05, 3.63) is 205 Å². The Morgan fingerprint density at radius 3 is 0.951 bits per heavy atom. The van der Waals surface area contributed by atoms with Gasteiger partial charge in [0.1, 0.15) is 44.9 Å². The molecule has 6 aliphatic carbocycles. The van der Waals surface area contributed by atoms with E-state index in [1.54, 1.807) is 110 Å². The molecule has 0 radical (unpaired) electrons. The maximum absolute atomic E-state index is 13.7. The van der Waals surface area contributed by atoms with Gasteiger partial charge >= 0.3 is 0 Å². The fraction of sp³-hybridized carbons (Fsp3) is 0.451. The first kappa shape index (κ1) is 106. The Labute approximate surface area is 841 Å². The first-order valence-corrected chi connectivity index (χ1v) is 48.5. The van der Waals surface area contributed by atoms with Crippen LogP contribution in [-0.4, -0.2) is 172 Å². The highest BCUT2D eigenvalue weighted by Gasteiger charge is 2.66. The first-order valence-electron chi connectivity index (χ1n) is 47.0. The van der Waals surface area contributed by atoms with E-state index in [4.69, 9.17) is 46.4 Å². The van der Waals surface area contributed by atoms with Crippen molar-refractivity contribution in [1.29, 1.82) is 0 Å². The Morgan fingerprint density at radius 1 is 0.368 bits per heavy atom. The molecule has 6 fully saturated rings. The molecule has 4 aromatic carbocycles. The zero-order valence-corrected chi connectivity index (χ0v) is 84.1. The smallest absolute Gasteiger partial charge is 0.293 e. The number of likely N-dealkylation sites (N-methyl/N-ethyl adjacent to an activating group) is 2. The van der Waals surface area contributed by atoms with Gasteiger partial charge in [-0.15, -0.1) is 0 Å². The predicted molar refractivity (Wildman–Crippen MR) is 517 cm³/mol. The van der Waals surface area contributed by atoms with Crippen LogP contribution in [0.5, 0.6) is 0 Å². The number of aromatic nitrogens is 4. The lowest BCUT2D eigenvalue weighted by Gasteiger charge is -2.46. The predicted octanol–water partition coefficient (Wildman–Crippen LogP) is 16.2. The zero-order chi connectivity index (χ0) is 106. The first-order chi connectivity index (χ1) is 67.3. The number of hydrogen-bond donors (Lipinski definition) is 10. The highest BCUT2D eigenvalue weighted by Crippen LogP contribution is 2.58. The van der Waals surface area contributed by atoms with Crippen LogP contribution in [0.1, 0.15) is 280 Å². The maximum Gasteiger partial charge on any atom is 0.293 e. The summed E-state index contributed by atoms with van der Waals surface area (Å²) in [5.41, 5.74) is 2.52. The van der Waals surface area contributed by atoms with Gasteiger partial charge in [0.15, 0.2) is 11.6 Å². The lowest BCUT2D eigenvalue weighted by molar-refractivity contribution is -0.164. The molecule has 0 unspecified atom stereocenters. The number of amides is 10. The van der Waals surface area contributed by atoms with E-state index in [0.717, 1.165) is 35.1 Å². The third kappa shape index (κ3) is 19.6. The molecule has 0 spiro atoms. The summed E-state index contributed by atoms with van der Waals surface area (Å²) in [6, 6.07) is 20.6. The fourth-order valence-electron chi connectivity index (χ4n) is 21.7. The molecule has 30 nitrogen and oxygen atoms in total. The Morgan fingerprint density at radius 2 is 0.646 bits per heavy atom. The number of alkyl halides is 8. The molecule has 0 bridgehead atoms. The molecule has 10 N–H and O–H groups in total. The second-order valence-corrected chi connectivity index (χ2v) is 41.7. The van der Waals surface area contributed by atoms with Gasteiger partial charge in [0.2, 0.25) is 11.8 Å². The van der Waals surface area contributed by atoms with Crippen molar-refractivity contribution in [2.24, 2.45) is 11.8 Å². The van der Waals surface area contributed by atoms with Crippen LogP contribution >= 0.6 is 46.4 Å². The summed E-state index contributed by atoms with van der Waals surface area (Å²) in [4.78, 5) is 208. The molecule has 4 aliphatic heterocycles. The molecule has 42 heteroatoms. The van der Waals surface area contributed by atoms with Crippen molar-refractivity contribution in [3.63, 3.8) is 0 Å². The zero-order valence-electron chi connectivity index (χ0n) is 81.0. The summed E-state index contributed by atoms with van der Waals surface area (Å²) in [7, 11) is 2.55. The van der Waals surface area contributed by atoms with Gasteiger partial charge in [-0.1, -0.05) is 84.5 Å². The highest BCUT2D eigenvalue weighted by molar-refractivity contribution is 6.47. The quantitative estimate of drug-likeness (QED) is 0.0137. The van der Waals surface area contributed by atoms with Crippen LogP contribution in [0.3, 0.4) is 0 Å². The average Bonchev–Trinajstić information content (AvgIpc) is 1.51. The third-order valence-electron chi connectivity index (χ3n) is 29.2. The van der Waals surface area contributed by atoms with Gasteiger partial charge in [-0.05, 0) is 225 Å². The molecule has 8 aromatic rings. The molecule has 10 amide bonds. The third-order valence-corrected chi connectivity index (χ3v) is 30.8. The maximum atomic E-state index is 13.7. The van der Waals surface area contributed by atoms with E-state index in [2.05, 4.69) is 53.2 Å². The number of benzene rings is 4. The normalized spacial score (nSPS) is 20.0. The van der Waals surface area contributed by atoms with Gasteiger partial charge in [-0.25, -0.2) is 35.1 Å². The number of nitrogens with zero attached hydrogens (tertiary/aromatic N) is 4. The van der Waals surface area contributed by atoms with E-state index in [-0.39, 0.29) is 81.8 Å². The van der Waals surface area contributed by atoms with Crippen molar-refractivity contribution >= 4 is 163 Å². The molecule has 144 heavy (non-hydrogen) atoms. The summed E-state index contributed by atoms with van der Waals surface area (Å²) in [6.45, 7) is 21.1. The second-order valence-electron chi connectivity index (χ2n) is 40.0. The molecule has 6 saturated carbocycles. The van der Waals surface area contributed by atoms with Crippen molar-refractivity contribution in [3.8, 4) is 0 Å². The summed E-state index contributed by atoms with van der Waals surface area (Å²) in [5.74, 6) is -24.6. The number of ketones is 6. The van der Waals surface area contributed by atoms with Crippen molar-refractivity contribution in [2.75, 3.05) is 35.4 Å².